The monoisotopic (exact) mass is 404 g/mol. The molecular weight excluding hydrogens is 380 g/mol. The number of carbonyl (C=O) groups is 2. The fourth-order valence-electron chi connectivity index (χ4n) is 2.53. The average Bonchev–Trinajstić information content (AvgIpc) is 2.62. The lowest BCUT2D eigenvalue weighted by Crippen LogP contribution is -2.41. The number of nitrogens with zero attached hydrogens (tertiary/aromatic N) is 1. The first-order valence-corrected chi connectivity index (χ1v) is 10.6. The summed E-state index contributed by atoms with van der Waals surface area (Å²) in [4.78, 5) is 23.8. The molecule has 28 heavy (non-hydrogen) atoms. The number of rotatable bonds is 9. The molecule has 0 fully saturated rings. The Morgan fingerprint density at radius 2 is 1.82 bits per heavy atom. The van der Waals surface area contributed by atoms with E-state index in [2.05, 4.69) is 5.32 Å². The minimum absolute atomic E-state index is 0.187. The van der Waals surface area contributed by atoms with Crippen LogP contribution in [0.2, 0.25) is 0 Å². The number of carbonyl (C=O) groups excluding carboxylic acids is 2. The molecule has 2 aromatic carbocycles. The zero-order valence-corrected chi connectivity index (χ0v) is 17.0. The van der Waals surface area contributed by atoms with E-state index in [1.165, 1.54) is 13.0 Å². The van der Waals surface area contributed by atoms with Crippen molar-refractivity contribution in [3.05, 3.63) is 59.7 Å². The number of sulfonamides is 1. The number of benzene rings is 2. The third kappa shape index (κ3) is 6.38. The second kappa shape index (κ2) is 9.36. The molecule has 0 aliphatic heterocycles. The molecule has 0 heterocycles. The van der Waals surface area contributed by atoms with Gasteiger partial charge in [-0.3, -0.25) is 13.9 Å². The van der Waals surface area contributed by atoms with Gasteiger partial charge in [0.2, 0.25) is 15.9 Å². The van der Waals surface area contributed by atoms with E-state index < -0.39 is 15.9 Å². The first kappa shape index (κ1) is 21.4. The van der Waals surface area contributed by atoms with Crippen LogP contribution < -0.4 is 14.4 Å². The van der Waals surface area contributed by atoms with Gasteiger partial charge in [-0.2, -0.15) is 0 Å². The maximum absolute atomic E-state index is 12.2. The van der Waals surface area contributed by atoms with Gasteiger partial charge >= 0.3 is 0 Å². The molecule has 0 aliphatic rings. The highest BCUT2D eigenvalue weighted by molar-refractivity contribution is 7.92. The Hall–Kier alpha value is -2.87. The van der Waals surface area contributed by atoms with E-state index in [4.69, 9.17) is 4.74 Å². The molecule has 1 N–H and O–H groups in total. The lowest BCUT2D eigenvalue weighted by atomic mass is 10.1. The molecule has 0 saturated carbocycles. The normalized spacial score (nSPS) is 11.0. The summed E-state index contributed by atoms with van der Waals surface area (Å²) in [5.74, 6) is 0.0487. The summed E-state index contributed by atoms with van der Waals surface area (Å²) in [7, 11) is -3.70. The van der Waals surface area contributed by atoms with E-state index in [-0.39, 0.29) is 31.2 Å². The van der Waals surface area contributed by atoms with Gasteiger partial charge in [0.1, 0.15) is 18.9 Å². The van der Waals surface area contributed by atoms with Gasteiger partial charge in [0.15, 0.2) is 5.78 Å². The molecule has 0 bridgehead atoms. The van der Waals surface area contributed by atoms with Crippen molar-refractivity contribution >= 4 is 27.4 Å². The Labute approximate surface area is 165 Å². The van der Waals surface area contributed by atoms with Crippen LogP contribution in [-0.2, 0) is 14.8 Å². The number of amides is 1. The lowest BCUT2D eigenvalue weighted by molar-refractivity contribution is -0.119. The number of hydrogen-bond donors (Lipinski definition) is 1. The highest BCUT2D eigenvalue weighted by Crippen LogP contribution is 2.19. The van der Waals surface area contributed by atoms with Crippen molar-refractivity contribution in [2.24, 2.45) is 0 Å². The molecule has 2 rings (SSSR count). The minimum Gasteiger partial charge on any atom is -0.492 e. The van der Waals surface area contributed by atoms with Gasteiger partial charge in [-0.05, 0) is 43.7 Å². The molecule has 2 aromatic rings. The van der Waals surface area contributed by atoms with E-state index in [1.807, 2.05) is 31.2 Å². The standard InChI is InChI=1S/C20H24N2O5S/c1-15-6-4-9-19(12-15)27-11-10-21-20(24)14-22(28(3,25)26)18-8-5-7-17(13-18)16(2)23/h4-9,12-13H,10-11,14H2,1-3H3,(H,21,24). The summed E-state index contributed by atoms with van der Waals surface area (Å²) < 4.78 is 30.8. The fourth-order valence-corrected chi connectivity index (χ4v) is 3.38. The first-order chi connectivity index (χ1) is 13.2. The second-order valence-corrected chi connectivity index (χ2v) is 8.30. The molecule has 0 aromatic heterocycles. The number of ether oxygens (including phenoxy) is 1. The van der Waals surface area contributed by atoms with Crippen LogP contribution in [0.5, 0.6) is 5.75 Å². The van der Waals surface area contributed by atoms with Crippen LogP contribution in [0.1, 0.15) is 22.8 Å². The maximum Gasteiger partial charge on any atom is 0.240 e. The zero-order chi connectivity index (χ0) is 20.7. The van der Waals surface area contributed by atoms with E-state index in [0.717, 1.165) is 16.1 Å². The molecular formula is C20H24N2O5S. The zero-order valence-electron chi connectivity index (χ0n) is 16.1. The van der Waals surface area contributed by atoms with Crippen molar-refractivity contribution in [3.8, 4) is 5.75 Å². The highest BCUT2D eigenvalue weighted by atomic mass is 32.2. The molecule has 7 nitrogen and oxygen atoms in total. The summed E-state index contributed by atoms with van der Waals surface area (Å²) in [5, 5.41) is 2.64. The van der Waals surface area contributed by atoms with Crippen molar-refractivity contribution in [2.45, 2.75) is 13.8 Å². The van der Waals surface area contributed by atoms with Crippen LogP contribution in [0, 0.1) is 6.92 Å². The largest absolute Gasteiger partial charge is 0.492 e. The third-order valence-electron chi connectivity index (χ3n) is 3.91. The SMILES string of the molecule is CC(=O)c1cccc(N(CC(=O)NCCOc2cccc(C)c2)S(C)(=O)=O)c1. The van der Waals surface area contributed by atoms with Crippen molar-refractivity contribution in [2.75, 3.05) is 30.3 Å². The molecule has 0 aliphatic carbocycles. The van der Waals surface area contributed by atoms with Gasteiger partial charge in [0.05, 0.1) is 18.5 Å². The van der Waals surface area contributed by atoms with Gasteiger partial charge in [0.25, 0.3) is 0 Å². The summed E-state index contributed by atoms with van der Waals surface area (Å²) in [6.45, 7) is 3.46. The molecule has 0 saturated heterocycles. The predicted octanol–water partition coefficient (Wildman–Crippen LogP) is 2.16. The van der Waals surface area contributed by atoms with Crippen LogP contribution in [0.4, 0.5) is 5.69 Å². The van der Waals surface area contributed by atoms with Gasteiger partial charge in [0, 0.05) is 5.56 Å². The van der Waals surface area contributed by atoms with E-state index in [1.54, 1.807) is 18.2 Å². The van der Waals surface area contributed by atoms with E-state index in [0.29, 0.717) is 11.3 Å². The van der Waals surface area contributed by atoms with Crippen molar-refractivity contribution in [1.82, 2.24) is 5.32 Å². The van der Waals surface area contributed by atoms with Gasteiger partial charge in [-0.1, -0.05) is 24.3 Å². The number of anilines is 1. The van der Waals surface area contributed by atoms with Crippen LogP contribution >= 0.6 is 0 Å². The van der Waals surface area contributed by atoms with Crippen molar-refractivity contribution in [1.29, 1.82) is 0 Å². The van der Waals surface area contributed by atoms with Crippen LogP contribution in [0.15, 0.2) is 48.5 Å². The van der Waals surface area contributed by atoms with Gasteiger partial charge in [-0.25, -0.2) is 8.42 Å². The molecule has 8 heteroatoms. The summed E-state index contributed by atoms with van der Waals surface area (Å²) >= 11 is 0. The summed E-state index contributed by atoms with van der Waals surface area (Å²) in [6, 6.07) is 13.7. The minimum atomic E-state index is -3.70. The van der Waals surface area contributed by atoms with Crippen molar-refractivity contribution < 1.29 is 22.7 Å². The molecule has 0 radical (unpaired) electrons. The maximum atomic E-state index is 12.2. The summed E-state index contributed by atoms with van der Waals surface area (Å²) in [5.41, 5.74) is 1.71. The van der Waals surface area contributed by atoms with Gasteiger partial charge in [-0.15, -0.1) is 0 Å². The topological polar surface area (TPSA) is 92.8 Å². The first-order valence-electron chi connectivity index (χ1n) is 8.71. The average molecular weight is 404 g/mol. The summed E-state index contributed by atoms with van der Waals surface area (Å²) in [6.07, 6.45) is 1.02. The Morgan fingerprint density at radius 1 is 1.11 bits per heavy atom. The van der Waals surface area contributed by atoms with Crippen molar-refractivity contribution in [3.63, 3.8) is 0 Å². The number of hydrogen-bond acceptors (Lipinski definition) is 5. The fraction of sp³-hybridized carbons (Fsp3) is 0.300. The number of ketones is 1. The lowest BCUT2D eigenvalue weighted by Gasteiger charge is -2.22. The third-order valence-corrected chi connectivity index (χ3v) is 5.05. The number of aryl methyl sites for hydroxylation is 1. The molecule has 0 atom stereocenters. The quantitative estimate of drug-likeness (QED) is 0.511. The van der Waals surface area contributed by atoms with E-state index in [9.17, 15) is 18.0 Å². The molecule has 150 valence electrons. The molecule has 1 amide bonds. The molecule has 0 unspecified atom stereocenters. The Kier molecular flexibility index (Phi) is 7.17. The Balaban J connectivity index is 1.96. The van der Waals surface area contributed by atoms with Crippen LogP contribution in [0.3, 0.4) is 0 Å². The Morgan fingerprint density at radius 3 is 2.46 bits per heavy atom. The highest BCUT2D eigenvalue weighted by Gasteiger charge is 2.21. The second-order valence-electron chi connectivity index (χ2n) is 6.39. The Bertz CT molecular complexity index is 957. The van der Waals surface area contributed by atoms with E-state index >= 15 is 0 Å². The van der Waals surface area contributed by atoms with Crippen LogP contribution in [-0.4, -0.2) is 46.1 Å². The smallest absolute Gasteiger partial charge is 0.240 e. The van der Waals surface area contributed by atoms with Crippen LogP contribution in [0.25, 0.3) is 0 Å². The molecule has 0 spiro atoms. The van der Waals surface area contributed by atoms with Gasteiger partial charge < -0.3 is 10.1 Å². The predicted molar refractivity (Wildman–Crippen MR) is 108 cm³/mol. The number of nitrogens with one attached hydrogen (secondary N) is 1. The number of Topliss-reactive ketones (excluding diaryl/α,β-unsaturated/α-hetero) is 1.